The van der Waals surface area contributed by atoms with E-state index in [4.69, 9.17) is 41.2 Å². The van der Waals surface area contributed by atoms with E-state index in [1.165, 1.54) is 82.0 Å². The molecule has 34 nitrogen and oxygen atoms in total. The number of hydroxylamine groups is 18. The molecular formula is C76H99Cl3F4N12O22+6. The zero-order valence-corrected chi connectivity index (χ0v) is 68.5. The Morgan fingerprint density at radius 1 is 0.368 bits per heavy atom. The van der Waals surface area contributed by atoms with E-state index in [-0.39, 0.29) is 191 Å². The number of anilines is 6. The summed E-state index contributed by atoms with van der Waals surface area (Å²) in [6.07, 6.45) is 5.74. The van der Waals surface area contributed by atoms with Gasteiger partial charge in [0, 0.05) is 31.9 Å². The lowest BCUT2D eigenvalue weighted by atomic mass is 9.80. The lowest BCUT2D eigenvalue weighted by Gasteiger charge is -2.36. The van der Waals surface area contributed by atoms with Crippen LogP contribution in [-0.2, 0) is 0 Å². The van der Waals surface area contributed by atoms with Gasteiger partial charge in [-0.3, -0.25) is 28.8 Å². The lowest BCUT2D eigenvalue weighted by molar-refractivity contribution is -1.07. The van der Waals surface area contributed by atoms with Gasteiger partial charge in [0.05, 0.1) is 266 Å². The van der Waals surface area contributed by atoms with Crippen LogP contribution in [0.2, 0.25) is 15.1 Å². The zero-order chi connectivity index (χ0) is 88.3. The van der Waals surface area contributed by atoms with Crippen LogP contribution in [0.1, 0.15) is 101 Å². The number of hydrogen-bond donors (Lipinski definition) is 18. The number of hydrogen-bond acceptors (Lipinski definition) is 28. The van der Waals surface area contributed by atoms with Gasteiger partial charge in [-0.25, -0.2) is 31.2 Å². The molecule has 638 valence electrons. The predicted molar refractivity (Wildman–Crippen MR) is 419 cm³/mol. The van der Waals surface area contributed by atoms with E-state index in [0.717, 1.165) is 12.1 Å². The second kappa shape index (κ2) is 36.8. The molecule has 117 heavy (non-hydrogen) atoms. The van der Waals surface area contributed by atoms with E-state index >= 15 is 0 Å². The molecule has 9 rings (SSSR count). The number of carbonyl (C=O) groups is 6. The Kier molecular flexibility index (Phi) is 29.7. The summed E-state index contributed by atoms with van der Waals surface area (Å²) in [6.45, 7) is -1.20. The predicted octanol–water partition coefficient (Wildman–Crippen LogP) is 4.93. The second-order valence-corrected chi connectivity index (χ2v) is 32.2. The van der Waals surface area contributed by atoms with Crippen molar-refractivity contribution in [3.63, 3.8) is 0 Å². The Labute approximate surface area is 684 Å². The van der Waals surface area contributed by atoms with E-state index in [1.807, 2.05) is 0 Å². The van der Waals surface area contributed by atoms with E-state index in [0.29, 0.717) is 5.56 Å². The molecule has 0 bridgehead atoms. The maximum atomic E-state index is 14.5. The van der Waals surface area contributed by atoms with Gasteiger partial charge in [0.2, 0.25) is 58.0 Å². The number of aliphatic hydroxyl groups is 4. The molecule has 41 heteroatoms. The average Bonchev–Trinajstić information content (AvgIpc) is 0.715. The molecule has 0 unspecified atom stereocenters. The summed E-state index contributed by atoms with van der Waals surface area (Å²) < 4.78 is 55.2. The number of terminal acetylenes is 1. The molecule has 3 aliphatic rings. The standard InChI is InChI=1S/C26H32Cl2F2N4O8.C26H33ClF2N4O8.C24H28N4O6/c1-33(2,41)9-5-31(7-11-35)21-13-14(22(18(28)17(21)27)32(8-12-36)6-10-34(3,4)42)24(38)16-15(23(13)37)25(39)19(29)20(30)26(16)40;1-32(2,40)9-5-30(7-11-34)15-13-14(27)22(31(8-12-35)6-10-33(3,4)41)17-16(15)23(36)18-19(24(17)37)26(39)21(29)20(28)25(18)38;1-6-14-13-15(25-9-11-27(2,3)33)18-21(22(14)26-10-12-28(4,5)34)24(32)20-17(30)8-7-16(29)19(20)23(18)31/h35-36,41-42H,5-12H2,1-4H3;13,34-35,40-41H,5-12H2,1-4H3;1,7-8,13,33-34H,9-12H2,2-5H3,(H2-2,25,26,29,30,31,32)/p+6. The highest BCUT2D eigenvalue weighted by molar-refractivity contribution is 6.49. The fourth-order valence-electron chi connectivity index (χ4n) is 13.1. The van der Waals surface area contributed by atoms with Crippen LogP contribution in [0, 0.1) is 35.6 Å². The number of halogens is 7. The first-order valence-electron chi connectivity index (χ1n) is 36.1. The molecule has 0 fully saturated rings. The minimum atomic E-state index is -1.95. The molecule has 0 atom stereocenters. The van der Waals surface area contributed by atoms with Crippen LogP contribution >= 0.6 is 34.8 Å². The smallest absolute Gasteiger partial charge is 0.205 e. The van der Waals surface area contributed by atoms with Crippen LogP contribution < -0.4 is 30.2 Å². The maximum Gasteiger partial charge on any atom is 0.205 e. The van der Waals surface area contributed by atoms with Crippen molar-refractivity contribution in [1.82, 2.24) is 0 Å². The van der Waals surface area contributed by atoms with Crippen LogP contribution in [0.3, 0.4) is 0 Å². The fraction of sp³-hybridized carbons (Fsp3) is 0.421. The molecule has 6 aromatic rings. The monoisotopic (exact) mass is 1710 g/mol. The number of phenols is 6. The summed E-state index contributed by atoms with van der Waals surface area (Å²) >= 11 is 20.2. The van der Waals surface area contributed by atoms with Crippen molar-refractivity contribution in [2.24, 2.45) is 0 Å². The number of ketones is 6. The Bertz CT molecular complexity index is 4830. The quantitative estimate of drug-likeness (QED) is 0.00873. The Morgan fingerprint density at radius 3 is 0.974 bits per heavy atom. The van der Waals surface area contributed by atoms with Crippen molar-refractivity contribution < 1.29 is 157 Å². The first kappa shape index (κ1) is 94.6. The average molecular weight is 1720 g/mol. The summed E-state index contributed by atoms with van der Waals surface area (Å²) in [6, 6.07) is 5.17. The topological polar surface area (TPSA) is 463 Å². The molecule has 0 heterocycles. The van der Waals surface area contributed by atoms with Crippen molar-refractivity contribution in [2.75, 3.05) is 246 Å². The molecule has 6 aromatic carbocycles. The van der Waals surface area contributed by atoms with Crippen LogP contribution in [0.5, 0.6) is 34.5 Å². The molecule has 3 aliphatic carbocycles. The number of carbonyl (C=O) groups excluding carboxylic acids is 6. The minimum absolute atomic E-state index is 0.000828. The van der Waals surface area contributed by atoms with Gasteiger partial charge < -0.3 is 81.3 Å². The van der Waals surface area contributed by atoms with Crippen LogP contribution in [0.4, 0.5) is 51.7 Å². The SMILES string of the molecule is C#Cc1cc(NCC[N+](C)(C)O)c2c(c1NCC[N+](C)(C)O)C(=O)c1c(O)ccc(O)c1C2=O.C[N+](C)(O)CCN(CCO)c1c(Cl)c(Cl)c(N(CCO)CC[N+](C)(C)O)c2c1C(=O)c1c(O)c(F)c(F)c(O)c1C2=O.C[N+](C)(O)CCN(CCO)c1cc(Cl)c(N(CCO)CC[N+](C)(C)O)c2c1C(=O)c1c(O)c(F)c(F)c(O)c1C2=O. The third kappa shape index (κ3) is 20.9. The molecule has 0 saturated heterocycles. The number of nitrogens with zero attached hydrogens (tertiary/aromatic N) is 10. The first-order valence-corrected chi connectivity index (χ1v) is 37.2. The molecule has 0 radical (unpaired) electrons. The number of nitrogens with one attached hydrogen (secondary N) is 2. The van der Waals surface area contributed by atoms with Crippen LogP contribution in [0.25, 0.3) is 0 Å². The highest BCUT2D eigenvalue weighted by atomic mass is 35.5. The summed E-state index contributed by atoms with van der Waals surface area (Å²) in [5.74, 6) is -18.0. The number of aromatic hydroxyl groups is 6. The van der Waals surface area contributed by atoms with Crippen molar-refractivity contribution in [3.05, 3.63) is 135 Å². The highest BCUT2D eigenvalue weighted by Gasteiger charge is 2.48. The Balaban J connectivity index is 0.000000244. The lowest BCUT2D eigenvalue weighted by Crippen LogP contribution is -2.45. The summed E-state index contributed by atoms with van der Waals surface area (Å²) in [4.78, 5) is 88.9. The van der Waals surface area contributed by atoms with Crippen LogP contribution in [-0.4, -0.2) is 361 Å². The van der Waals surface area contributed by atoms with Gasteiger partial charge >= 0.3 is 0 Å². The van der Waals surface area contributed by atoms with Crippen molar-refractivity contribution in [3.8, 4) is 46.8 Å². The number of benzene rings is 6. The number of aliphatic hydroxyl groups excluding tert-OH is 4. The van der Waals surface area contributed by atoms with Gasteiger partial charge in [0.25, 0.3) is 0 Å². The molecule has 0 spiro atoms. The van der Waals surface area contributed by atoms with Crippen LogP contribution in [0.15, 0.2) is 24.3 Å². The first-order chi connectivity index (χ1) is 54.1. The Hall–Kier alpha value is -9.55. The number of quaternary nitrogens is 6. The van der Waals surface area contributed by atoms with E-state index in [1.54, 1.807) is 34.3 Å². The molecule has 18 N–H and O–H groups in total. The van der Waals surface area contributed by atoms with Gasteiger partial charge in [-0.2, -0.15) is 45.4 Å². The minimum Gasteiger partial charge on any atom is -0.507 e. The van der Waals surface area contributed by atoms with Crippen molar-refractivity contribution in [1.29, 1.82) is 0 Å². The van der Waals surface area contributed by atoms with E-state index < -0.39 is 176 Å². The maximum absolute atomic E-state index is 14.5. The number of likely N-dealkylation sites (N-methyl/N-ethyl adjacent to an activating group) is 6. The highest BCUT2D eigenvalue weighted by Crippen LogP contribution is 2.54. The molecular weight excluding hydrogens is 1620 g/mol. The van der Waals surface area contributed by atoms with Gasteiger partial charge in [-0.15, -0.1) is 6.42 Å². The number of rotatable bonds is 32. The largest absolute Gasteiger partial charge is 0.507 e. The normalized spacial score (nSPS) is 13.3. The summed E-state index contributed by atoms with van der Waals surface area (Å²) in [7, 11) is 18.1. The molecule has 0 amide bonds. The number of phenolic OH excluding ortho intramolecular Hbond substituents is 6. The fourth-order valence-corrected chi connectivity index (χ4v) is 14.1. The van der Waals surface area contributed by atoms with Crippen molar-refractivity contribution >= 4 is 104 Å². The molecule has 0 aliphatic heterocycles. The molecule has 0 saturated carbocycles. The van der Waals surface area contributed by atoms with Gasteiger partial charge in [0.1, 0.15) is 50.8 Å². The Morgan fingerprint density at radius 2 is 0.650 bits per heavy atom. The third-order valence-corrected chi connectivity index (χ3v) is 20.1. The number of fused-ring (bicyclic) bond motifs is 6. The summed E-state index contributed by atoms with van der Waals surface area (Å²) in [5.41, 5.74) is -5.98. The van der Waals surface area contributed by atoms with E-state index in [2.05, 4.69) is 16.6 Å². The van der Waals surface area contributed by atoms with Gasteiger partial charge in [-0.05, 0) is 24.3 Å². The van der Waals surface area contributed by atoms with E-state index in [9.17, 15) is 129 Å². The summed E-state index contributed by atoms with van der Waals surface area (Å²) in [5, 5.41) is 168. The van der Waals surface area contributed by atoms with Gasteiger partial charge in [-0.1, -0.05) is 40.7 Å². The zero-order valence-electron chi connectivity index (χ0n) is 66.3. The molecule has 0 aromatic heterocycles. The third-order valence-electron chi connectivity index (χ3n) is 19.0. The van der Waals surface area contributed by atoms with Crippen molar-refractivity contribution in [2.45, 2.75) is 0 Å². The second-order valence-electron chi connectivity index (χ2n) is 31.0. The van der Waals surface area contributed by atoms with Gasteiger partial charge in [0.15, 0.2) is 23.0 Å².